The number of aryl methyl sites for hydroxylation is 1. The number of furan rings is 1. The van der Waals surface area contributed by atoms with E-state index in [1.165, 1.54) is 6.42 Å². The first-order valence-corrected chi connectivity index (χ1v) is 4.50. The van der Waals surface area contributed by atoms with Crippen molar-refractivity contribution in [1.82, 2.24) is 0 Å². The molecule has 1 heterocycles. The summed E-state index contributed by atoms with van der Waals surface area (Å²) < 4.78 is 5.47. The molecule has 0 radical (unpaired) electrons. The Hall–Kier alpha value is -0.760. The molecule has 3 atom stereocenters. The van der Waals surface area contributed by atoms with Gasteiger partial charge < -0.3 is 10.2 Å². The molecule has 2 nitrogen and oxygen atoms in total. The average Bonchev–Trinajstić information content (AvgIpc) is 2.58. The zero-order valence-electron chi connectivity index (χ0n) is 7.58. The van der Waals surface area contributed by atoms with Gasteiger partial charge in [-0.25, -0.2) is 0 Å². The van der Waals surface area contributed by atoms with Gasteiger partial charge in [-0.15, -0.1) is 0 Å². The Morgan fingerprint density at radius 1 is 1.58 bits per heavy atom. The van der Waals surface area contributed by atoms with Crippen LogP contribution in [0.2, 0.25) is 0 Å². The van der Waals surface area contributed by atoms with E-state index in [4.69, 9.17) is 10.2 Å². The van der Waals surface area contributed by atoms with E-state index in [2.05, 4.69) is 6.92 Å². The summed E-state index contributed by atoms with van der Waals surface area (Å²) in [5.74, 6) is 3.33. The van der Waals surface area contributed by atoms with Gasteiger partial charge in [0.1, 0.15) is 11.5 Å². The lowest BCUT2D eigenvalue weighted by atomic mass is 10.1. The van der Waals surface area contributed by atoms with Crippen LogP contribution in [-0.4, -0.2) is 0 Å². The fourth-order valence-corrected chi connectivity index (χ4v) is 1.69. The van der Waals surface area contributed by atoms with Gasteiger partial charge in [0.2, 0.25) is 0 Å². The normalized spacial score (nSPS) is 30.2. The molecule has 2 rings (SSSR count). The van der Waals surface area contributed by atoms with Crippen LogP contribution in [0.1, 0.15) is 30.9 Å². The molecule has 1 aliphatic carbocycles. The first kappa shape index (κ1) is 7.87. The van der Waals surface area contributed by atoms with Crippen LogP contribution in [0.15, 0.2) is 16.5 Å². The van der Waals surface area contributed by atoms with Crippen LogP contribution in [0, 0.1) is 18.8 Å². The van der Waals surface area contributed by atoms with Crippen molar-refractivity contribution in [2.45, 2.75) is 26.3 Å². The molecule has 0 aromatic carbocycles. The largest absolute Gasteiger partial charge is 0.465 e. The van der Waals surface area contributed by atoms with E-state index in [1.807, 2.05) is 19.1 Å². The van der Waals surface area contributed by atoms with Gasteiger partial charge in [0.25, 0.3) is 0 Å². The molecule has 0 amide bonds. The molecule has 1 aromatic heterocycles. The number of rotatable bonds is 2. The van der Waals surface area contributed by atoms with Crippen LogP contribution in [0.4, 0.5) is 0 Å². The van der Waals surface area contributed by atoms with Crippen LogP contribution >= 0.6 is 0 Å². The van der Waals surface area contributed by atoms with Crippen molar-refractivity contribution < 1.29 is 4.42 Å². The SMILES string of the molecule is Cc1ccc(C(N)C2CC2C)o1. The zero-order chi connectivity index (χ0) is 8.72. The molecule has 3 unspecified atom stereocenters. The summed E-state index contributed by atoms with van der Waals surface area (Å²) in [6.45, 7) is 4.19. The Balaban J connectivity index is 2.09. The highest BCUT2D eigenvalue weighted by Gasteiger charge is 2.39. The Bertz CT molecular complexity index is 279. The third-order valence-corrected chi connectivity index (χ3v) is 2.72. The highest BCUT2D eigenvalue weighted by atomic mass is 16.3. The summed E-state index contributed by atoms with van der Waals surface area (Å²) in [6.07, 6.45) is 1.25. The van der Waals surface area contributed by atoms with Crippen LogP contribution in [0.25, 0.3) is 0 Å². The second-order valence-corrected chi connectivity index (χ2v) is 3.85. The van der Waals surface area contributed by atoms with Crippen molar-refractivity contribution in [3.8, 4) is 0 Å². The predicted octanol–water partition coefficient (Wildman–Crippen LogP) is 2.24. The van der Waals surface area contributed by atoms with Crippen molar-refractivity contribution >= 4 is 0 Å². The van der Waals surface area contributed by atoms with Gasteiger partial charge in [-0.2, -0.15) is 0 Å². The average molecular weight is 165 g/mol. The quantitative estimate of drug-likeness (QED) is 0.730. The van der Waals surface area contributed by atoms with Crippen LogP contribution in [0.3, 0.4) is 0 Å². The van der Waals surface area contributed by atoms with Gasteiger partial charge in [0, 0.05) is 0 Å². The second kappa shape index (κ2) is 2.63. The molecule has 1 aliphatic rings. The van der Waals surface area contributed by atoms with E-state index in [1.54, 1.807) is 0 Å². The molecule has 1 fully saturated rings. The molecule has 2 heteroatoms. The number of nitrogens with two attached hydrogens (primary N) is 1. The van der Waals surface area contributed by atoms with E-state index >= 15 is 0 Å². The van der Waals surface area contributed by atoms with E-state index in [0.717, 1.165) is 17.4 Å². The van der Waals surface area contributed by atoms with Crippen LogP contribution in [0.5, 0.6) is 0 Å². The first-order chi connectivity index (χ1) is 5.68. The molecule has 66 valence electrons. The lowest BCUT2D eigenvalue weighted by Gasteiger charge is -2.06. The molecule has 0 spiro atoms. The second-order valence-electron chi connectivity index (χ2n) is 3.85. The molecular formula is C10H15NO. The predicted molar refractivity (Wildman–Crippen MR) is 47.6 cm³/mol. The topological polar surface area (TPSA) is 39.2 Å². The van der Waals surface area contributed by atoms with Crippen molar-refractivity contribution in [1.29, 1.82) is 0 Å². The Kier molecular flexibility index (Phi) is 1.72. The summed E-state index contributed by atoms with van der Waals surface area (Å²) in [5, 5.41) is 0. The van der Waals surface area contributed by atoms with Gasteiger partial charge in [-0.05, 0) is 37.3 Å². The highest BCUT2D eigenvalue weighted by molar-refractivity contribution is 5.12. The van der Waals surface area contributed by atoms with E-state index in [9.17, 15) is 0 Å². The summed E-state index contributed by atoms with van der Waals surface area (Å²) >= 11 is 0. The van der Waals surface area contributed by atoms with Crippen molar-refractivity contribution in [3.05, 3.63) is 23.7 Å². The smallest absolute Gasteiger partial charge is 0.121 e. The van der Waals surface area contributed by atoms with Gasteiger partial charge in [0.15, 0.2) is 0 Å². The standard InChI is InChI=1S/C10H15NO/c1-6-5-8(6)10(11)9-4-3-7(2)12-9/h3-4,6,8,10H,5,11H2,1-2H3. The molecule has 1 aromatic rings. The fourth-order valence-electron chi connectivity index (χ4n) is 1.69. The van der Waals surface area contributed by atoms with E-state index < -0.39 is 0 Å². The lowest BCUT2D eigenvalue weighted by molar-refractivity contribution is 0.418. The third kappa shape index (κ3) is 1.27. The van der Waals surface area contributed by atoms with Gasteiger partial charge in [-0.1, -0.05) is 6.92 Å². The van der Waals surface area contributed by atoms with Gasteiger partial charge in [0.05, 0.1) is 6.04 Å². The first-order valence-electron chi connectivity index (χ1n) is 4.50. The molecule has 0 bridgehead atoms. The fraction of sp³-hybridized carbons (Fsp3) is 0.600. The van der Waals surface area contributed by atoms with Gasteiger partial charge >= 0.3 is 0 Å². The molecule has 0 saturated heterocycles. The van der Waals surface area contributed by atoms with Crippen molar-refractivity contribution in [2.75, 3.05) is 0 Å². The van der Waals surface area contributed by atoms with Crippen LogP contribution < -0.4 is 5.73 Å². The number of hydrogen-bond donors (Lipinski definition) is 1. The van der Waals surface area contributed by atoms with Gasteiger partial charge in [-0.3, -0.25) is 0 Å². The Labute approximate surface area is 72.7 Å². The minimum Gasteiger partial charge on any atom is -0.465 e. The third-order valence-electron chi connectivity index (χ3n) is 2.72. The molecule has 2 N–H and O–H groups in total. The summed E-state index contributed by atoms with van der Waals surface area (Å²) in [7, 11) is 0. The summed E-state index contributed by atoms with van der Waals surface area (Å²) in [4.78, 5) is 0. The Morgan fingerprint density at radius 2 is 2.25 bits per heavy atom. The molecule has 12 heavy (non-hydrogen) atoms. The molecule has 0 aliphatic heterocycles. The van der Waals surface area contributed by atoms with Crippen LogP contribution in [-0.2, 0) is 0 Å². The maximum atomic E-state index is 6.01. The minimum absolute atomic E-state index is 0.119. The summed E-state index contributed by atoms with van der Waals surface area (Å²) in [5.41, 5.74) is 6.01. The monoisotopic (exact) mass is 165 g/mol. The molecule has 1 saturated carbocycles. The van der Waals surface area contributed by atoms with E-state index in [0.29, 0.717) is 5.92 Å². The number of hydrogen-bond acceptors (Lipinski definition) is 2. The van der Waals surface area contributed by atoms with Crippen molar-refractivity contribution in [2.24, 2.45) is 17.6 Å². The maximum Gasteiger partial charge on any atom is 0.121 e. The highest BCUT2D eigenvalue weighted by Crippen LogP contribution is 2.45. The van der Waals surface area contributed by atoms with Crippen molar-refractivity contribution in [3.63, 3.8) is 0 Å². The maximum absolute atomic E-state index is 6.01. The Morgan fingerprint density at radius 3 is 2.67 bits per heavy atom. The van der Waals surface area contributed by atoms with E-state index in [-0.39, 0.29) is 6.04 Å². The lowest BCUT2D eigenvalue weighted by Crippen LogP contribution is -2.12. The minimum atomic E-state index is 0.119. The molecular weight excluding hydrogens is 150 g/mol. The summed E-state index contributed by atoms with van der Waals surface area (Å²) in [6, 6.07) is 4.08. The zero-order valence-corrected chi connectivity index (χ0v) is 7.58.